The Balaban J connectivity index is 1.32. The van der Waals surface area contributed by atoms with Crippen molar-refractivity contribution >= 4 is 17.2 Å². The number of likely N-dealkylation sites (N-methyl/N-ethyl adjacent to an activating group) is 1. The Hall–Kier alpha value is -1.55. The van der Waals surface area contributed by atoms with E-state index in [1.807, 2.05) is 7.05 Å². The fourth-order valence-corrected chi connectivity index (χ4v) is 7.94. The van der Waals surface area contributed by atoms with Crippen molar-refractivity contribution in [2.24, 2.45) is 11.8 Å². The van der Waals surface area contributed by atoms with E-state index in [9.17, 15) is 4.79 Å². The van der Waals surface area contributed by atoms with Gasteiger partial charge < -0.3 is 9.80 Å². The van der Waals surface area contributed by atoms with E-state index in [0.29, 0.717) is 12.6 Å². The number of anilines is 2. The third kappa shape index (κ3) is 4.44. The summed E-state index contributed by atoms with van der Waals surface area (Å²) in [6, 6.07) is 11.6. The first-order valence-corrected chi connectivity index (χ1v) is 13.3. The van der Waals surface area contributed by atoms with Crippen molar-refractivity contribution in [1.29, 1.82) is 0 Å². The Morgan fingerprint density at radius 3 is 2.06 bits per heavy atom. The molecule has 0 amide bonds. The number of Topliss-reactive ketones (excluding diaryl/α,β-unsaturated/α-hetero) is 1. The van der Waals surface area contributed by atoms with Crippen LogP contribution in [0.3, 0.4) is 0 Å². The highest BCUT2D eigenvalue weighted by atomic mass is 16.1. The largest absolute Gasteiger partial charge is 0.370 e. The van der Waals surface area contributed by atoms with Gasteiger partial charge in [0.15, 0.2) is 0 Å². The second-order valence-electron chi connectivity index (χ2n) is 11.5. The van der Waals surface area contributed by atoms with Crippen molar-refractivity contribution in [2.45, 2.75) is 102 Å². The molecule has 0 aromatic heterocycles. The Kier molecular flexibility index (Phi) is 6.51. The molecule has 1 aromatic rings. The van der Waals surface area contributed by atoms with Crippen LogP contribution >= 0.6 is 0 Å². The maximum atomic E-state index is 11.7. The third-order valence-electron chi connectivity index (χ3n) is 9.21. The topological polar surface area (TPSA) is 26.8 Å². The lowest BCUT2D eigenvalue weighted by Gasteiger charge is -2.56. The van der Waals surface area contributed by atoms with Crippen molar-refractivity contribution in [3.63, 3.8) is 0 Å². The summed E-state index contributed by atoms with van der Waals surface area (Å²) in [6.45, 7) is 2.15. The van der Waals surface area contributed by atoms with Crippen molar-refractivity contribution in [1.82, 2.24) is 4.90 Å². The van der Waals surface area contributed by atoms with Crippen LogP contribution in [0.4, 0.5) is 11.4 Å². The van der Waals surface area contributed by atoms with E-state index in [1.165, 1.54) is 82.0 Å². The standard InChI is InChI=1S/C28H43N3O/c1-20(32)19-29(2)27-12-4-5-13-28(27)30(3)25-17-23-10-7-11-24(18-25)31(23)26-15-21-8-6-9-22(14-21)16-26/h4-5,12-13,21-26H,6-11,14-19H2,1-3H3/t21-,22+,23-,24+,25+,26+. The molecule has 4 heteroatoms. The minimum absolute atomic E-state index is 0.213. The number of benzene rings is 1. The molecular weight excluding hydrogens is 394 g/mol. The minimum atomic E-state index is 0.213. The average Bonchev–Trinajstić information content (AvgIpc) is 2.77. The van der Waals surface area contributed by atoms with Gasteiger partial charge in [-0.05, 0) is 75.8 Å². The first kappa shape index (κ1) is 22.3. The van der Waals surface area contributed by atoms with Crippen LogP contribution in [0.15, 0.2) is 24.3 Å². The molecule has 0 N–H and O–H groups in total. The van der Waals surface area contributed by atoms with E-state index in [0.717, 1.165) is 30.0 Å². The van der Waals surface area contributed by atoms with E-state index in [2.05, 4.69) is 46.0 Å². The fourth-order valence-electron chi connectivity index (χ4n) is 7.94. The number of carbonyl (C=O) groups excluding carboxylic acids is 1. The molecule has 0 spiro atoms. The van der Waals surface area contributed by atoms with Gasteiger partial charge in [0.05, 0.1) is 17.9 Å². The van der Waals surface area contributed by atoms with Gasteiger partial charge in [-0.25, -0.2) is 0 Å². The summed E-state index contributed by atoms with van der Waals surface area (Å²) < 4.78 is 0. The van der Waals surface area contributed by atoms with Crippen molar-refractivity contribution in [2.75, 3.05) is 30.4 Å². The van der Waals surface area contributed by atoms with Gasteiger partial charge in [0.1, 0.15) is 5.78 Å². The molecule has 2 aliphatic heterocycles. The van der Waals surface area contributed by atoms with Crippen LogP contribution in [0.5, 0.6) is 0 Å². The number of ketones is 1. The summed E-state index contributed by atoms with van der Waals surface area (Å²) in [4.78, 5) is 19.4. The highest BCUT2D eigenvalue weighted by Crippen LogP contribution is 2.46. The number of fused-ring (bicyclic) bond motifs is 4. The number of para-hydroxylation sites is 2. The molecular formula is C28H43N3O. The third-order valence-corrected chi connectivity index (χ3v) is 9.21. The number of hydrogen-bond donors (Lipinski definition) is 0. The normalized spacial score (nSPS) is 34.7. The van der Waals surface area contributed by atoms with Crippen LogP contribution in [-0.4, -0.2) is 55.5 Å². The van der Waals surface area contributed by atoms with Gasteiger partial charge >= 0.3 is 0 Å². The molecule has 4 nitrogen and oxygen atoms in total. The molecule has 5 rings (SSSR count). The first-order valence-electron chi connectivity index (χ1n) is 13.3. The molecule has 0 unspecified atom stereocenters. The summed E-state index contributed by atoms with van der Waals surface area (Å²) >= 11 is 0. The van der Waals surface area contributed by atoms with Gasteiger partial charge in [-0.15, -0.1) is 0 Å². The van der Waals surface area contributed by atoms with E-state index < -0.39 is 0 Å². The van der Waals surface area contributed by atoms with Gasteiger partial charge in [-0.1, -0.05) is 37.8 Å². The van der Waals surface area contributed by atoms with E-state index in [-0.39, 0.29) is 5.78 Å². The molecule has 0 radical (unpaired) electrons. The number of nitrogens with zero attached hydrogens (tertiary/aromatic N) is 3. The lowest BCUT2D eigenvalue weighted by molar-refractivity contribution is -0.115. The van der Waals surface area contributed by atoms with Crippen LogP contribution < -0.4 is 9.80 Å². The number of piperidine rings is 2. The summed E-state index contributed by atoms with van der Waals surface area (Å²) in [5.74, 6) is 2.24. The van der Waals surface area contributed by atoms with Crippen molar-refractivity contribution in [3.8, 4) is 0 Å². The molecule has 4 bridgehead atoms. The Morgan fingerprint density at radius 1 is 0.844 bits per heavy atom. The maximum Gasteiger partial charge on any atom is 0.149 e. The zero-order valence-electron chi connectivity index (χ0n) is 20.5. The SMILES string of the molecule is CC(=O)CN(C)c1ccccc1N(C)[C@H]1C[C@H]2CCC[C@@H](C1)N2[C@H]1C[C@@H]2CCC[C@@H](C2)C1. The van der Waals surface area contributed by atoms with Crippen LogP contribution in [0.2, 0.25) is 0 Å². The quantitative estimate of drug-likeness (QED) is 0.587. The fraction of sp³-hybridized carbons (Fsp3) is 0.750. The van der Waals surface area contributed by atoms with Gasteiger partial charge in [0.2, 0.25) is 0 Å². The van der Waals surface area contributed by atoms with E-state index >= 15 is 0 Å². The summed E-state index contributed by atoms with van der Waals surface area (Å²) in [5.41, 5.74) is 2.46. The number of carbonyl (C=O) groups is 1. The molecule has 6 atom stereocenters. The molecule has 2 saturated carbocycles. The summed E-state index contributed by atoms with van der Waals surface area (Å²) in [7, 11) is 4.34. The van der Waals surface area contributed by atoms with E-state index in [1.54, 1.807) is 6.92 Å². The summed E-state index contributed by atoms with van der Waals surface area (Å²) in [5, 5.41) is 0. The zero-order valence-corrected chi connectivity index (χ0v) is 20.5. The van der Waals surface area contributed by atoms with Crippen LogP contribution in [0.25, 0.3) is 0 Å². The van der Waals surface area contributed by atoms with Gasteiger partial charge in [0.25, 0.3) is 0 Å². The van der Waals surface area contributed by atoms with Crippen LogP contribution in [0.1, 0.15) is 77.6 Å². The Bertz CT molecular complexity index is 784. The van der Waals surface area contributed by atoms with Gasteiger partial charge in [0, 0.05) is 38.3 Å². The smallest absolute Gasteiger partial charge is 0.149 e. The molecule has 32 heavy (non-hydrogen) atoms. The van der Waals surface area contributed by atoms with Crippen LogP contribution in [0, 0.1) is 11.8 Å². The second kappa shape index (κ2) is 9.37. The molecule has 2 aliphatic carbocycles. The van der Waals surface area contributed by atoms with Crippen molar-refractivity contribution < 1.29 is 4.79 Å². The molecule has 176 valence electrons. The molecule has 2 saturated heterocycles. The molecule has 4 aliphatic rings. The molecule has 2 heterocycles. The predicted octanol–water partition coefficient (Wildman–Crippen LogP) is 5.50. The van der Waals surface area contributed by atoms with Crippen molar-refractivity contribution in [3.05, 3.63) is 24.3 Å². The monoisotopic (exact) mass is 437 g/mol. The van der Waals surface area contributed by atoms with Gasteiger partial charge in [-0.3, -0.25) is 9.69 Å². The Morgan fingerprint density at radius 2 is 1.44 bits per heavy atom. The predicted molar refractivity (Wildman–Crippen MR) is 134 cm³/mol. The van der Waals surface area contributed by atoms with E-state index in [4.69, 9.17) is 0 Å². The van der Waals surface area contributed by atoms with Gasteiger partial charge in [-0.2, -0.15) is 0 Å². The number of hydrogen-bond acceptors (Lipinski definition) is 4. The molecule has 4 fully saturated rings. The second-order valence-corrected chi connectivity index (χ2v) is 11.5. The first-order chi connectivity index (χ1) is 15.5. The van der Waals surface area contributed by atoms with Crippen LogP contribution in [-0.2, 0) is 4.79 Å². The average molecular weight is 438 g/mol. The lowest BCUT2D eigenvalue weighted by atomic mass is 9.68. The Labute approximate surface area is 195 Å². The lowest BCUT2D eigenvalue weighted by Crippen LogP contribution is -2.61. The maximum absolute atomic E-state index is 11.7. The minimum Gasteiger partial charge on any atom is -0.370 e. The number of rotatable bonds is 6. The highest BCUT2D eigenvalue weighted by Gasteiger charge is 2.45. The molecule has 1 aromatic carbocycles. The summed E-state index contributed by atoms with van der Waals surface area (Å²) in [6.07, 6.45) is 15.7. The highest BCUT2D eigenvalue weighted by molar-refractivity contribution is 5.83. The zero-order chi connectivity index (χ0) is 22.2.